The molecular formula is C26H17ClF4N4O2. The highest BCUT2D eigenvalue weighted by atomic mass is 35.5. The van der Waals surface area contributed by atoms with Gasteiger partial charge in [-0.1, -0.05) is 35.9 Å². The monoisotopic (exact) mass is 528 g/mol. The topological polar surface area (TPSA) is 90.6 Å². The number of anilines is 2. The minimum absolute atomic E-state index is 0.0913. The van der Waals surface area contributed by atoms with Gasteiger partial charge in [-0.15, -0.1) is 0 Å². The van der Waals surface area contributed by atoms with Gasteiger partial charge in [0, 0.05) is 44.7 Å². The van der Waals surface area contributed by atoms with Crippen LogP contribution in [0.4, 0.5) is 29.2 Å². The summed E-state index contributed by atoms with van der Waals surface area (Å²) >= 11 is 6.20. The summed E-state index contributed by atoms with van der Waals surface area (Å²) in [5.74, 6) is -0.877. The van der Waals surface area contributed by atoms with Crippen molar-refractivity contribution in [3.63, 3.8) is 0 Å². The number of nitrogens with one attached hydrogen (secondary N) is 1. The quantitative estimate of drug-likeness (QED) is 0.222. The van der Waals surface area contributed by atoms with Crippen LogP contribution in [0, 0.1) is 5.82 Å². The molecule has 4 aromatic rings. The third-order valence-corrected chi connectivity index (χ3v) is 6.02. The number of aliphatic hydroxyl groups is 2. The molecule has 0 amide bonds. The smallest absolute Gasteiger partial charge is 0.364 e. The van der Waals surface area contributed by atoms with E-state index in [1.165, 1.54) is 24.4 Å². The maximum absolute atomic E-state index is 14.9. The molecule has 0 saturated heterocycles. The van der Waals surface area contributed by atoms with E-state index in [0.717, 1.165) is 18.2 Å². The van der Waals surface area contributed by atoms with Crippen LogP contribution >= 0.6 is 11.6 Å². The SMILES string of the molecule is OC(O)c1ccc(Nc2ncc3c(n2)-c2ccc(Cl)cc2C(c2c(F)cccc2C(F)(F)F)=NC3)cc1. The molecule has 1 aliphatic rings. The van der Waals surface area contributed by atoms with Crippen LogP contribution in [0.2, 0.25) is 5.02 Å². The predicted molar refractivity (Wildman–Crippen MR) is 130 cm³/mol. The Kier molecular flexibility index (Phi) is 6.40. The van der Waals surface area contributed by atoms with E-state index in [4.69, 9.17) is 11.6 Å². The maximum atomic E-state index is 14.9. The Morgan fingerprint density at radius 1 is 0.973 bits per heavy atom. The van der Waals surface area contributed by atoms with E-state index in [1.807, 2.05) is 0 Å². The molecule has 0 fully saturated rings. The summed E-state index contributed by atoms with van der Waals surface area (Å²) in [5.41, 5.74) is 0.403. The molecule has 0 atom stereocenters. The molecule has 0 radical (unpaired) electrons. The third-order valence-electron chi connectivity index (χ3n) is 5.78. The molecule has 0 spiro atoms. The van der Waals surface area contributed by atoms with Crippen LogP contribution in [-0.2, 0) is 12.7 Å². The second-order valence-corrected chi connectivity index (χ2v) is 8.64. The molecule has 1 aromatic heterocycles. The number of aliphatic hydroxyl groups excluding tert-OH is 1. The van der Waals surface area contributed by atoms with E-state index >= 15 is 0 Å². The second-order valence-electron chi connectivity index (χ2n) is 8.20. The van der Waals surface area contributed by atoms with Gasteiger partial charge in [0.1, 0.15) is 5.82 Å². The van der Waals surface area contributed by atoms with E-state index in [9.17, 15) is 27.8 Å². The van der Waals surface area contributed by atoms with Crippen molar-refractivity contribution in [3.05, 3.63) is 106 Å². The average molecular weight is 529 g/mol. The Bertz CT molecular complexity index is 1520. The van der Waals surface area contributed by atoms with Crippen molar-refractivity contribution in [1.29, 1.82) is 0 Å². The molecule has 5 rings (SSSR count). The fourth-order valence-corrected chi connectivity index (χ4v) is 4.24. The van der Waals surface area contributed by atoms with Crippen LogP contribution in [0.25, 0.3) is 11.3 Å². The lowest BCUT2D eigenvalue weighted by Crippen LogP contribution is -2.17. The lowest BCUT2D eigenvalue weighted by atomic mass is 9.92. The van der Waals surface area contributed by atoms with Gasteiger partial charge in [-0.05, 0) is 36.4 Å². The number of halogens is 5. The van der Waals surface area contributed by atoms with Crippen LogP contribution in [0.5, 0.6) is 0 Å². The first kappa shape index (κ1) is 24.8. The fraction of sp³-hybridized carbons (Fsp3) is 0.115. The van der Waals surface area contributed by atoms with Gasteiger partial charge >= 0.3 is 6.18 Å². The Morgan fingerprint density at radius 2 is 1.73 bits per heavy atom. The number of nitrogens with zero attached hydrogens (tertiary/aromatic N) is 3. The van der Waals surface area contributed by atoms with Crippen molar-refractivity contribution in [2.24, 2.45) is 4.99 Å². The van der Waals surface area contributed by atoms with Crippen LogP contribution in [0.15, 0.2) is 71.9 Å². The molecule has 3 aromatic carbocycles. The summed E-state index contributed by atoms with van der Waals surface area (Å²) in [5, 5.41) is 21.8. The molecule has 2 heterocycles. The van der Waals surface area contributed by atoms with Crippen LogP contribution in [0.1, 0.15) is 34.1 Å². The van der Waals surface area contributed by atoms with Crippen LogP contribution in [0.3, 0.4) is 0 Å². The standard InChI is InChI=1S/C26H17ClF4N4O2/c27-15-6-9-17-18(10-15)23(21-19(26(29,30)31)2-1-3-20(21)28)32-11-14-12-33-25(35-22(14)17)34-16-7-4-13(5-8-16)24(36)37/h1-10,12,24,36-37H,11H2,(H,33,34,35). The van der Waals surface area contributed by atoms with Gasteiger partial charge in [-0.25, -0.2) is 14.4 Å². The third kappa shape index (κ3) is 4.91. The number of hydrogen-bond donors (Lipinski definition) is 3. The minimum Gasteiger partial charge on any atom is -0.364 e. The lowest BCUT2D eigenvalue weighted by molar-refractivity contribution is -0.137. The van der Waals surface area contributed by atoms with Gasteiger partial charge in [-0.3, -0.25) is 4.99 Å². The summed E-state index contributed by atoms with van der Waals surface area (Å²) in [7, 11) is 0. The molecule has 0 aliphatic carbocycles. The highest BCUT2D eigenvalue weighted by Gasteiger charge is 2.37. The highest BCUT2D eigenvalue weighted by Crippen LogP contribution is 2.38. The Labute approximate surface area is 212 Å². The van der Waals surface area contributed by atoms with Crippen molar-refractivity contribution in [2.75, 3.05) is 5.32 Å². The number of rotatable bonds is 4. The fourth-order valence-electron chi connectivity index (χ4n) is 4.07. The van der Waals surface area contributed by atoms with Crippen molar-refractivity contribution in [3.8, 4) is 11.3 Å². The summed E-state index contributed by atoms with van der Waals surface area (Å²) in [6.45, 7) is -0.0913. The van der Waals surface area contributed by atoms with Crippen molar-refractivity contribution >= 4 is 28.9 Å². The molecule has 188 valence electrons. The largest absolute Gasteiger partial charge is 0.417 e. The molecule has 0 unspecified atom stereocenters. The number of aliphatic imine (C=N–C) groups is 1. The van der Waals surface area contributed by atoms with Gasteiger partial charge in [0.25, 0.3) is 0 Å². The molecule has 3 N–H and O–H groups in total. The van der Waals surface area contributed by atoms with Crippen molar-refractivity contribution in [1.82, 2.24) is 9.97 Å². The van der Waals surface area contributed by atoms with Gasteiger partial charge in [0.05, 0.1) is 23.5 Å². The molecule has 11 heteroatoms. The highest BCUT2D eigenvalue weighted by molar-refractivity contribution is 6.31. The van der Waals surface area contributed by atoms with E-state index in [2.05, 4.69) is 20.3 Å². The van der Waals surface area contributed by atoms with E-state index in [1.54, 1.807) is 24.3 Å². The lowest BCUT2D eigenvalue weighted by Gasteiger charge is -2.17. The number of aromatic nitrogens is 2. The zero-order valence-corrected chi connectivity index (χ0v) is 19.5. The van der Waals surface area contributed by atoms with E-state index in [-0.39, 0.29) is 28.8 Å². The van der Waals surface area contributed by atoms with Gasteiger partial charge in [-0.2, -0.15) is 13.2 Å². The van der Waals surface area contributed by atoms with Crippen LogP contribution < -0.4 is 5.32 Å². The summed E-state index contributed by atoms with van der Waals surface area (Å²) in [6, 6.07) is 13.6. The molecule has 1 aliphatic heterocycles. The minimum atomic E-state index is -4.81. The average Bonchev–Trinajstić information content (AvgIpc) is 3.00. The Hall–Kier alpha value is -3.86. The first-order valence-electron chi connectivity index (χ1n) is 10.9. The number of benzene rings is 3. The molecule has 0 bridgehead atoms. The van der Waals surface area contributed by atoms with E-state index in [0.29, 0.717) is 28.1 Å². The van der Waals surface area contributed by atoms with Crippen LogP contribution in [-0.4, -0.2) is 25.9 Å². The number of hydrogen-bond acceptors (Lipinski definition) is 6. The predicted octanol–water partition coefficient (Wildman–Crippen LogP) is 6.03. The second kappa shape index (κ2) is 9.55. The zero-order chi connectivity index (χ0) is 26.3. The summed E-state index contributed by atoms with van der Waals surface area (Å²) in [4.78, 5) is 13.2. The molecule has 6 nitrogen and oxygen atoms in total. The molecule has 0 saturated carbocycles. The van der Waals surface area contributed by atoms with E-state index < -0.39 is 29.4 Å². The summed E-state index contributed by atoms with van der Waals surface area (Å²) in [6.07, 6.45) is -4.92. The Balaban J connectivity index is 1.61. The normalized spacial score (nSPS) is 13.0. The number of fused-ring (bicyclic) bond motifs is 3. The van der Waals surface area contributed by atoms with Gasteiger partial charge in [0.15, 0.2) is 6.29 Å². The zero-order valence-electron chi connectivity index (χ0n) is 18.8. The van der Waals surface area contributed by atoms with Crippen molar-refractivity contribution in [2.45, 2.75) is 19.0 Å². The van der Waals surface area contributed by atoms with Gasteiger partial charge < -0.3 is 15.5 Å². The number of alkyl halides is 3. The first-order chi connectivity index (χ1) is 17.6. The van der Waals surface area contributed by atoms with Gasteiger partial charge in [0.2, 0.25) is 5.95 Å². The Morgan fingerprint density at radius 3 is 2.43 bits per heavy atom. The molecule has 37 heavy (non-hydrogen) atoms. The first-order valence-corrected chi connectivity index (χ1v) is 11.3. The van der Waals surface area contributed by atoms with Crippen molar-refractivity contribution < 1.29 is 27.8 Å². The molecular weight excluding hydrogens is 512 g/mol. The summed E-state index contributed by atoms with van der Waals surface area (Å²) < 4.78 is 56.4. The maximum Gasteiger partial charge on any atom is 0.417 e.